The number of ether oxygens (including phenoxy) is 1. The van der Waals surface area contributed by atoms with E-state index in [1.165, 1.54) is 24.7 Å². The zero-order valence-electron chi connectivity index (χ0n) is 15.1. The molecule has 3 aromatic rings. The van der Waals surface area contributed by atoms with Gasteiger partial charge in [-0.15, -0.1) is 11.3 Å². The fourth-order valence-corrected chi connectivity index (χ4v) is 3.70. The molecule has 0 spiro atoms. The number of benzene rings is 1. The lowest BCUT2D eigenvalue weighted by atomic mass is 10.1. The van der Waals surface area contributed by atoms with Gasteiger partial charge in [-0.2, -0.15) is 0 Å². The molecule has 1 amide bonds. The molecule has 144 valence electrons. The van der Waals surface area contributed by atoms with Gasteiger partial charge in [0.15, 0.2) is 5.11 Å². The van der Waals surface area contributed by atoms with Crippen LogP contribution in [0.15, 0.2) is 53.1 Å². The van der Waals surface area contributed by atoms with Crippen LogP contribution in [0.25, 0.3) is 10.4 Å². The number of furan rings is 1. The number of thiophene rings is 1. The van der Waals surface area contributed by atoms with E-state index in [1.54, 1.807) is 19.1 Å². The molecule has 0 saturated carbocycles. The summed E-state index contributed by atoms with van der Waals surface area (Å²) in [6.45, 7) is 1.69. The maximum absolute atomic E-state index is 12.1. The Morgan fingerprint density at radius 2 is 1.86 bits per heavy atom. The number of aryl methyl sites for hydroxylation is 1. The lowest BCUT2D eigenvalue weighted by Gasteiger charge is -2.11. The second-order valence-corrected chi connectivity index (χ2v) is 7.10. The standard InChI is InChI=1S/C19H17N3O4S2/c1-11-13(8-9-26-11)16(23)21-22-19(27)20-17-14(18(24)25-2)10-15(28-17)12-6-4-3-5-7-12/h3-10H,1-2H3,(H,21,23)(H2,20,22,27). The number of rotatable bonds is 4. The molecule has 0 fully saturated rings. The zero-order chi connectivity index (χ0) is 20.1. The van der Waals surface area contributed by atoms with Crippen LogP contribution in [0.2, 0.25) is 0 Å². The summed E-state index contributed by atoms with van der Waals surface area (Å²) in [7, 11) is 1.32. The fraction of sp³-hybridized carbons (Fsp3) is 0.105. The minimum atomic E-state index is -0.484. The van der Waals surface area contributed by atoms with Crippen molar-refractivity contribution in [2.45, 2.75) is 6.92 Å². The van der Waals surface area contributed by atoms with E-state index in [0.717, 1.165) is 10.4 Å². The third-order valence-electron chi connectivity index (χ3n) is 3.82. The van der Waals surface area contributed by atoms with Gasteiger partial charge in [0.2, 0.25) is 0 Å². The summed E-state index contributed by atoms with van der Waals surface area (Å²) < 4.78 is 9.95. The van der Waals surface area contributed by atoms with Crippen molar-refractivity contribution in [3.63, 3.8) is 0 Å². The summed E-state index contributed by atoms with van der Waals surface area (Å²) in [6, 6.07) is 12.9. The monoisotopic (exact) mass is 415 g/mol. The summed E-state index contributed by atoms with van der Waals surface area (Å²) in [5, 5.41) is 3.57. The van der Waals surface area contributed by atoms with E-state index in [4.69, 9.17) is 21.4 Å². The minimum absolute atomic E-state index is 0.126. The molecule has 3 N–H and O–H groups in total. The van der Waals surface area contributed by atoms with Crippen molar-refractivity contribution in [3.05, 3.63) is 65.6 Å². The first kappa shape index (κ1) is 19.6. The van der Waals surface area contributed by atoms with Crippen molar-refractivity contribution in [2.75, 3.05) is 12.4 Å². The summed E-state index contributed by atoms with van der Waals surface area (Å²) in [5.74, 6) is -0.376. The average Bonchev–Trinajstić information content (AvgIpc) is 3.32. The molecule has 0 radical (unpaired) electrons. The van der Waals surface area contributed by atoms with Crippen LogP contribution in [0.5, 0.6) is 0 Å². The SMILES string of the molecule is COC(=O)c1cc(-c2ccccc2)sc1NC(=S)NNC(=O)c1ccoc1C. The molecule has 0 bridgehead atoms. The maximum atomic E-state index is 12.1. The van der Waals surface area contributed by atoms with Crippen LogP contribution in [0.4, 0.5) is 5.00 Å². The van der Waals surface area contributed by atoms with Crippen LogP contribution in [-0.4, -0.2) is 24.1 Å². The largest absolute Gasteiger partial charge is 0.469 e. The molecule has 2 aromatic heterocycles. The summed E-state index contributed by atoms with van der Waals surface area (Å²) in [5.41, 5.74) is 6.81. The van der Waals surface area contributed by atoms with Crippen molar-refractivity contribution in [3.8, 4) is 10.4 Å². The Labute approximate surface area is 170 Å². The highest BCUT2D eigenvalue weighted by atomic mass is 32.1. The molecule has 0 aliphatic rings. The van der Waals surface area contributed by atoms with Gasteiger partial charge in [-0.05, 0) is 36.8 Å². The van der Waals surface area contributed by atoms with E-state index >= 15 is 0 Å². The van der Waals surface area contributed by atoms with Crippen molar-refractivity contribution in [1.29, 1.82) is 0 Å². The predicted molar refractivity (Wildman–Crippen MR) is 111 cm³/mol. The number of methoxy groups -OCH3 is 1. The molecule has 7 nitrogen and oxygen atoms in total. The number of carbonyl (C=O) groups is 2. The predicted octanol–water partition coefficient (Wildman–Crippen LogP) is 3.73. The molecule has 0 saturated heterocycles. The number of amides is 1. The molecule has 2 heterocycles. The number of anilines is 1. The molecular weight excluding hydrogens is 398 g/mol. The smallest absolute Gasteiger partial charge is 0.340 e. The van der Waals surface area contributed by atoms with Crippen LogP contribution >= 0.6 is 23.6 Å². The molecule has 0 aliphatic carbocycles. The van der Waals surface area contributed by atoms with Crippen LogP contribution in [0, 0.1) is 6.92 Å². The molecular formula is C19H17N3O4S2. The summed E-state index contributed by atoms with van der Waals surface area (Å²) in [6.07, 6.45) is 1.43. The van der Waals surface area contributed by atoms with Crippen molar-refractivity contribution in [2.24, 2.45) is 0 Å². The van der Waals surface area contributed by atoms with Crippen LogP contribution in [-0.2, 0) is 4.74 Å². The van der Waals surface area contributed by atoms with Gasteiger partial charge in [-0.3, -0.25) is 15.6 Å². The average molecular weight is 415 g/mol. The molecule has 0 unspecified atom stereocenters. The number of hydrogen-bond acceptors (Lipinski definition) is 6. The van der Waals surface area contributed by atoms with Gasteiger partial charge < -0.3 is 14.5 Å². The zero-order valence-corrected chi connectivity index (χ0v) is 16.7. The topological polar surface area (TPSA) is 92.6 Å². The second kappa shape index (κ2) is 8.68. The van der Waals surface area contributed by atoms with Gasteiger partial charge in [0, 0.05) is 4.88 Å². The lowest BCUT2D eigenvalue weighted by molar-refractivity contribution is 0.0602. The normalized spacial score (nSPS) is 10.2. The highest BCUT2D eigenvalue weighted by Gasteiger charge is 2.19. The molecule has 3 rings (SSSR count). The molecule has 0 atom stereocenters. The fourth-order valence-electron chi connectivity index (χ4n) is 2.43. The Bertz CT molecular complexity index is 1010. The van der Waals surface area contributed by atoms with E-state index < -0.39 is 5.97 Å². The molecule has 1 aromatic carbocycles. The Balaban J connectivity index is 1.72. The van der Waals surface area contributed by atoms with Crippen molar-refractivity contribution >= 4 is 45.5 Å². The number of hydrazine groups is 1. The third-order valence-corrected chi connectivity index (χ3v) is 5.12. The first-order valence-corrected chi connectivity index (χ1v) is 9.41. The first-order chi connectivity index (χ1) is 13.5. The van der Waals surface area contributed by atoms with Crippen LogP contribution in [0.3, 0.4) is 0 Å². The van der Waals surface area contributed by atoms with Gasteiger partial charge >= 0.3 is 5.97 Å². The summed E-state index contributed by atoms with van der Waals surface area (Å²) >= 11 is 6.57. The third kappa shape index (κ3) is 4.38. The lowest BCUT2D eigenvalue weighted by Crippen LogP contribution is -2.43. The summed E-state index contributed by atoms with van der Waals surface area (Å²) in [4.78, 5) is 25.1. The number of thiocarbonyl (C=S) groups is 1. The second-order valence-electron chi connectivity index (χ2n) is 5.63. The van der Waals surface area contributed by atoms with Gasteiger partial charge in [0.25, 0.3) is 5.91 Å². The van der Waals surface area contributed by atoms with Crippen molar-refractivity contribution in [1.82, 2.24) is 10.9 Å². The van der Waals surface area contributed by atoms with Gasteiger partial charge in [0.1, 0.15) is 10.8 Å². The quantitative estimate of drug-likeness (QED) is 0.340. The van der Waals surface area contributed by atoms with E-state index in [0.29, 0.717) is 21.9 Å². The maximum Gasteiger partial charge on any atom is 0.340 e. The van der Waals surface area contributed by atoms with Crippen LogP contribution < -0.4 is 16.2 Å². The van der Waals surface area contributed by atoms with E-state index in [9.17, 15) is 9.59 Å². The van der Waals surface area contributed by atoms with E-state index in [2.05, 4.69) is 16.2 Å². The number of esters is 1. The molecule has 28 heavy (non-hydrogen) atoms. The highest BCUT2D eigenvalue weighted by molar-refractivity contribution is 7.80. The Kier molecular flexibility index (Phi) is 6.07. The van der Waals surface area contributed by atoms with Crippen LogP contribution in [0.1, 0.15) is 26.5 Å². The Morgan fingerprint density at radius 3 is 2.50 bits per heavy atom. The van der Waals surface area contributed by atoms with E-state index in [-0.39, 0.29) is 11.0 Å². The number of nitrogens with one attached hydrogen (secondary N) is 3. The van der Waals surface area contributed by atoms with Gasteiger partial charge in [-0.1, -0.05) is 30.3 Å². The number of hydrogen-bond donors (Lipinski definition) is 3. The van der Waals surface area contributed by atoms with Gasteiger partial charge in [0.05, 0.1) is 24.5 Å². The van der Waals surface area contributed by atoms with Crippen molar-refractivity contribution < 1.29 is 18.7 Å². The molecule has 9 heteroatoms. The highest BCUT2D eigenvalue weighted by Crippen LogP contribution is 2.35. The molecule has 0 aliphatic heterocycles. The Morgan fingerprint density at radius 1 is 1.11 bits per heavy atom. The van der Waals surface area contributed by atoms with Gasteiger partial charge in [-0.25, -0.2) is 4.79 Å². The first-order valence-electron chi connectivity index (χ1n) is 8.18. The minimum Gasteiger partial charge on any atom is -0.469 e. The van der Waals surface area contributed by atoms with E-state index in [1.807, 2.05) is 30.3 Å². The Hall–Kier alpha value is -3.17. The number of carbonyl (C=O) groups excluding carboxylic acids is 2.